The second-order valence-electron chi connectivity index (χ2n) is 6.50. The SMILES string of the molecule is CC(c1ccccc1Cl)c1c(F)ccc2c1NC(=NCc1ncccc1F)NS2. The standard InChI is InChI=1S/C21H17ClF2N4S/c1-12(13-5-2-3-6-14(13)22)19-16(24)8-9-18-20(19)27-21(28-29-18)26-11-17-15(23)7-4-10-25-17/h2-10,12H,11H2,1H3,(H2,26,27,28). The van der Waals surface area contributed by atoms with Gasteiger partial charge in [0.15, 0.2) is 0 Å². The first kappa shape index (κ1) is 19.7. The van der Waals surface area contributed by atoms with Crippen molar-refractivity contribution in [3.05, 3.63) is 88.2 Å². The maximum atomic E-state index is 14.9. The average molecular weight is 431 g/mol. The third-order valence-electron chi connectivity index (χ3n) is 4.68. The quantitative estimate of drug-likeness (QED) is 0.518. The Morgan fingerprint density at radius 1 is 1.10 bits per heavy atom. The number of nitrogens with one attached hydrogen (secondary N) is 2. The highest BCUT2D eigenvalue weighted by molar-refractivity contribution is 7.98. The molecule has 1 atom stereocenters. The minimum atomic E-state index is -0.417. The Balaban J connectivity index is 1.67. The van der Waals surface area contributed by atoms with Crippen LogP contribution in [0, 0.1) is 11.6 Å². The molecule has 0 fully saturated rings. The highest BCUT2D eigenvalue weighted by Crippen LogP contribution is 2.41. The van der Waals surface area contributed by atoms with Crippen LogP contribution in [0.3, 0.4) is 0 Å². The van der Waals surface area contributed by atoms with E-state index in [0.29, 0.717) is 22.2 Å². The van der Waals surface area contributed by atoms with Gasteiger partial charge in [-0.15, -0.1) is 0 Å². The average Bonchev–Trinajstić information content (AvgIpc) is 2.73. The van der Waals surface area contributed by atoms with Crippen LogP contribution in [-0.2, 0) is 6.54 Å². The molecule has 8 heteroatoms. The Bertz CT molecular complexity index is 1090. The Morgan fingerprint density at radius 2 is 1.93 bits per heavy atom. The Hall–Kier alpha value is -2.64. The fourth-order valence-electron chi connectivity index (χ4n) is 3.20. The summed E-state index contributed by atoms with van der Waals surface area (Å²) in [4.78, 5) is 9.19. The van der Waals surface area contributed by atoms with Crippen LogP contribution in [-0.4, -0.2) is 10.9 Å². The number of nitrogens with zero attached hydrogens (tertiary/aromatic N) is 2. The largest absolute Gasteiger partial charge is 0.324 e. The summed E-state index contributed by atoms with van der Waals surface area (Å²) < 4.78 is 31.7. The number of hydrogen-bond donors (Lipinski definition) is 2. The molecule has 3 aromatic rings. The summed E-state index contributed by atoms with van der Waals surface area (Å²) in [7, 11) is 0. The van der Waals surface area contributed by atoms with E-state index in [1.165, 1.54) is 36.3 Å². The molecule has 2 heterocycles. The molecule has 1 aliphatic heterocycles. The van der Waals surface area contributed by atoms with Gasteiger partial charge in [-0.2, -0.15) is 0 Å². The third kappa shape index (κ3) is 4.06. The summed E-state index contributed by atoms with van der Waals surface area (Å²) in [5.74, 6) is -0.619. The number of guanidine groups is 1. The Morgan fingerprint density at radius 3 is 2.72 bits per heavy atom. The molecule has 0 saturated heterocycles. The summed E-state index contributed by atoms with van der Waals surface area (Å²) in [5.41, 5.74) is 2.20. The van der Waals surface area contributed by atoms with Gasteiger partial charge in [-0.3, -0.25) is 9.71 Å². The number of fused-ring (bicyclic) bond motifs is 1. The fourth-order valence-corrected chi connectivity index (χ4v) is 4.22. The maximum Gasteiger partial charge on any atom is 0.206 e. The van der Waals surface area contributed by atoms with Crippen LogP contribution < -0.4 is 10.0 Å². The highest BCUT2D eigenvalue weighted by atomic mass is 35.5. The minimum Gasteiger partial charge on any atom is -0.324 e. The molecule has 0 aliphatic carbocycles. The van der Waals surface area contributed by atoms with E-state index >= 15 is 0 Å². The number of aliphatic imine (C=N–C) groups is 1. The summed E-state index contributed by atoms with van der Waals surface area (Å²) in [6.07, 6.45) is 1.52. The van der Waals surface area contributed by atoms with Crippen molar-refractivity contribution in [1.29, 1.82) is 0 Å². The summed E-state index contributed by atoms with van der Waals surface area (Å²) >= 11 is 7.66. The van der Waals surface area contributed by atoms with Crippen LogP contribution in [0.2, 0.25) is 5.02 Å². The molecule has 1 aliphatic rings. The normalized spacial score (nSPS) is 15.4. The number of anilines is 1. The topological polar surface area (TPSA) is 49.3 Å². The molecular formula is C21H17ClF2N4S. The van der Waals surface area contributed by atoms with Crippen molar-refractivity contribution in [2.24, 2.45) is 4.99 Å². The predicted molar refractivity (Wildman–Crippen MR) is 113 cm³/mol. The van der Waals surface area contributed by atoms with E-state index in [9.17, 15) is 8.78 Å². The third-order valence-corrected chi connectivity index (χ3v) is 5.88. The number of pyridine rings is 1. The first-order valence-electron chi connectivity index (χ1n) is 8.95. The van der Waals surface area contributed by atoms with Gasteiger partial charge in [0.25, 0.3) is 0 Å². The van der Waals surface area contributed by atoms with Crippen molar-refractivity contribution in [2.45, 2.75) is 24.3 Å². The second kappa shape index (κ2) is 8.39. The second-order valence-corrected chi connectivity index (χ2v) is 7.76. The van der Waals surface area contributed by atoms with E-state index in [1.807, 2.05) is 25.1 Å². The van der Waals surface area contributed by atoms with Crippen LogP contribution in [0.25, 0.3) is 0 Å². The number of benzene rings is 2. The van der Waals surface area contributed by atoms with Gasteiger partial charge >= 0.3 is 0 Å². The fraction of sp³-hybridized carbons (Fsp3) is 0.143. The molecule has 0 amide bonds. The van der Waals surface area contributed by atoms with Gasteiger partial charge in [-0.05, 0) is 47.8 Å². The first-order valence-corrected chi connectivity index (χ1v) is 10.1. The van der Waals surface area contributed by atoms with Crippen LogP contribution >= 0.6 is 23.5 Å². The van der Waals surface area contributed by atoms with E-state index in [2.05, 4.69) is 20.0 Å². The lowest BCUT2D eigenvalue weighted by molar-refractivity contribution is 0.600. The van der Waals surface area contributed by atoms with Crippen molar-refractivity contribution in [3.63, 3.8) is 0 Å². The molecular weight excluding hydrogens is 414 g/mol. The van der Waals surface area contributed by atoms with E-state index in [4.69, 9.17) is 11.6 Å². The summed E-state index contributed by atoms with van der Waals surface area (Å²) in [6, 6.07) is 13.4. The summed E-state index contributed by atoms with van der Waals surface area (Å²) in [6.45, 7) is 1.97. The van der Waals surface area contributed by atoms with Crippen molar-refractivity contribution < 1.29 is 8.78 Å². The van der Waals surface area contributed by atoms with Gasteiger partial charge in [0.1, 0.15) is 11.6 Å². The molecule has 0 saturated carbocycles. The zero-order valence-corrected chi connectivity index (χ0v) is 17.0. The molecule has 0 bridgehead atoms. The van der Waals surface area contributed by atoms with Gasteiger partial charge in [-0.1, -0.05) is 36.7 Å². The van der Waals surface area contributed by atoms with Crippen molar-refractivity contribution in [2.75, 3.05) is 5.32 Å². The number of halogens is 3. The number of hydrogen-bond acceptors (Lipinski definition) is 3. The van der Waals surface area contributed by atoms with E-state index in [1.54, 1.807) is 12.1 Å². The maximum absolute atomic E-state index is 14.9. The van der Waals surface area contributed by atoms with Gasteiger partial charge in [0.2, 0.25) is 5.96 Å². The van der Waals surface area contributed by atoms with Crippen LogP contribution in [0.4, 0.5) is 14.5 Å². The van der Waals surface area contributed by atoms with Crippen molar-refractivity contribution in [1.82, 2.24) is 9.71 Å². The molecule has 0 radical (unpaired) electrons. The van der Waals surface area contributed by atoms with Gasteiger partial charge in [-0.25, -0.2) is 13.8 Å². The zero-order chi connectivity index (χ0) is 20.4. The Labute approximate surface area is 176 Å². The first-order chi connectivity index (χ1) is 14.0. The van der Waals surface area contributed by atoms with Crippen LogP contribution in [0.5, 0.6) is 0 Å². The van der Waals surface area contributed by atoms with E-state index in [0.717, 1.165) is 10.5 Å². The molecule has 2 aromatic carbocycles. The molecule has 4 nitrogen and oxygen atoms in total. The summed E-state index contributed by atoms with van der Waals surface area (Å²) in [5, 5.41) is 3.73. The number of aromatic nitrogens is 1. The molecule has 0 spiro atoms. The highest BCUT2D eigenvalue weighted by Gasteiger charge is 2.25. The van der Waals surface area contributed by atoms with Gasteiger partial charge in [0.05, 0.1) is 22.8 Å². The van der Waals surface area contributed by atoms with E-state index < -0.39 is 5.82 Å². The van der Waals surface area contributed by atoms with E-state index in [-0.39, 0.29) is 24.0 Å². The smallest absolute Gasteiger partial charge is 0.206 e. The Kier molecular flexibility index (Phi) is 5.69. The molecule has 2 N–H and O–H groups in total. The van der Waals surface area contributed by atoms with Crippen molar-refractivity contribution >= 4 is 35.2 Å². The lowest BCUT2D eigenvalue weighted by Gasteiger charge is -2.26. The van der Waals surface area contributed by atoms with Crippen molar-refractivity contribution in [3.8, 4) is 0 Å². The lowest BCUT2D eigenvalue weighted by atomic mass is 9.91. The molecule has 148 valence electrons. The zero-order valence-electron chi connectivity index (χ0n) is 15.4. The van der Waals surface area contributed by atoms with Crippen LogP contribution in [0.15, 0.2) is 64.6 Å². The minimum absolute atomic E-state index is 0.0582. The monoisotopic (exact) mass is 430 g/mol. The van der Waals surface area contributed by atoms with Crippen LogP contribution in [0.1, 0.15) is 29.7 Å². The molecule has 1 unspecified atom stereocenters. The van der Waals surface area contributed by atoms with Gasteiger partial charge < -0.3 is 5.32 Å². The predicted octanol–water partition coefficient (Wildman–Crippen LogP) is 5.74. The number of rotatable bonds is 4. The lowest BCUT2D eigenvalue weighted by Crippen LogP contribution is -2.30. The van der Waals surface area contributed by atoms with Gasteiger partial charge in [0, 0.05) is 22.7 Å². The molecule has 4 rings (SSSR count). The molecule has 1 aromatic heterocycles. The molecule has 29 heavy (non-hydrogen) atoms.